The van der Waals surface area contributed by atoms with Gasteiger partial charge < -0.3 is 10.8 Å². The SMILES string of the molecule is CC(C(N)=O)N1CCCC(CO)C1. The maximum atomic E-state index is 10.9. The highest BCUT2D eigenvalue weighted by Crippen LogP contribution is 2.17. The van der Waals surface area contributed by atoms with E-state index in [1.165, 1.54) is 0 Å². The first-order chi connectivity index (χ1) is 6.15. The van der Waals surface area contributed by atoms with Crippen LogP contribution in [0.2, 0.25) is 0 Å². The number of carbonyl (C=O) groups excluding carboxylic acids is 1. The first-order valence-electron chi connectivity index (χ1n) is 4.79. The summed E-state index contributed by atoms with van der Waals surface area (Å²) in [6, 6.07) is -0.200. The largest absolute Gasteiger partial charge is 0.396 e. The van der Waals surface area contributed by atoms with Crippen LogP contribution < -0.4 is 5.73 Å². The van der Waals surface area contributed by atoms with E-state index < -0.39 is 0 Å². The summed E-state index contributed by atoms with van der Waals surface area (Å²) in [5.41, 5.74) is 5.21. The third-order valence-corrected chi connectivity index (χ3v) is 2.77. The molecule has 1 heterocycles. The van der Waals surface area contributed by atoms with Crippen molar-refractivity contribution in [1.29, 1.82) is 0 Å². The number of piperidine rings is 1. The van der Waals surface area contributed by atoms with E-state index in [0.717, 1.165) is 25.9 Å². The molecule has 2 unspecified atom stereocenters. The Labute approximate surface area is 78.7 Å². The molecule has 1 amide bonds. The van der Waals surface area contributed by atoms with E-state index in [4.69, 9.17) is 10.8 Å². The van der Waals surface area contributed by atoms with Gasteiger partial charge in [-0.05, 0) is 32.2 Å². The monoisotopic (exact) mass is 186 g/mol. The van der Waals surface area contributed by atoms with E-state index in [1.807, 2.05) is 11.8 Å². The van der Waals surface area contributed by atoms with Crippen LogP contribution in [0.3, 0.4) is 0 Å². The molecule has 2 atom stereocenters. The van der Waals surface area contributed by atoms with Gasteiger partial charge in [0.15, 0.2) is 0 Å². The number of aliphatic hydroxyl groups is 1. The molecular weight excluding hydrogens is 168 g/mol. The number of hydrogen-bond donors (Lipinski definition) is 2. The van der Waals surface area contributed by atoms with Crippen LogP contribution in [0.4, 0.5) is 0 Å². The van der Waals surface area contributed by atoms with Gasteiger partial charge in [-0.1, -0.05) is 0 Å². The lowest BCUT2D eigenvalue weighted by Crippen LogP contribution is -2.48. The van der Waals surface area contributed by atoms with Crippen LogP contribution in [0.1, 0.15) is 19.8 Å². The molecule has 1 fully saturated rings. The van der Waals surface area contributed by atoms with Crippen molar-refractivity contribution < 1.29 is 9.90 Å². The van der Waals surface area contributed by atoms with E-state index in [1.54, 1.807) is 0 Å². The Bertz CT molecular complexity index is 184. The quantitative estimate of drug-likeness (QED) is 0.628. The number of nitrogens with zero attached hydrogens (tertiary/aromatic N) is 1. The molecule has 0 spiro atoms. The van der Waals surface area contributed by atoms with Crippen LogP contribution in [0.25, 0.3) is 0 Å². The minimum Gasteiger partial charge on any atom is -0.396 e. The van der Waals surface area contributed by atoms with E-state index >= 15 is 0 Å². The summed E-state index contributed by atoms with van der Waals surface area (Å²) in [5, 5.41) is 8.99. The Morgan fingerprint density at radius 1 is 1.77 bits per heavy atom. The average molecular weight is 186 g/mol. The van der Waals surface area contributed by atoms with Crippen LogP contribution in [-0.2, 0) is 4.79 Å². The molecule has 0 bridgehead atoms. The Hall–Kier alpha value is -0.610. The highest BCUT2D eigenvalue weighted by Gasteiger charge is 2.25. The van der Waals surface area contributed by atoms with Crippen LogP contribution in [0, 0.1) is 5.92 Å². The van der Waals surface area contributed by atoms with E-state index in [9.17, 15) is 4.79 Å². The molecule has 0 aromatic carbocycles. The summed E-state index contributed by atoms with van der Waals surface area (Å²) in [6.45, 7) is 3.74. The molecular formula is C9H18N2O2. The number of primary amides is 1. The maximum Gasteiger partial charge on any atom is 0.234 e. The summed E-state index contributed by atoms with van der Waals surface area (Å²) in [7, 11) is 0. The van der Waals surface area contributed by atoms with Gasteiger partial charge in [-0.25, -0.2) is 0 Å². The number of amides is 1. The number of aliphatic hydroxyl groups excluding tert-OH is 1. The molecule has 0 saturated carbocycles. The van der Waals surface area contributed by atoms with Crippen LogP contribution >= 0.6 is 0 Å². The summed E-state index contributed by atoms with van der Waals surface area (Å²) in [4.78, 5) is 13.0. The second-order valence-corrected chi connectivity index (χ2v) is 3.76. The highest BCUT2D eigenvalue weighted by atomic mass is 16.3. The zero-order valence-corrected chi connectivity index (χ0v) is 8.07. The van der Waals surface area contributed by atoms with Crippen LogP contribution in [0.15, 0.2) is 0 Å². The number of nitrogens with two attached hydrogens (primary N) is 1. The Balaban J connectivity index is 2.46. The molecule has 4 heteroatoms. The predicted molar refractivity (Wildman–Crippen MR) is 50.0 cm³/mol. The van der Waals surface area contributed by atoms with Crippen molar-refractivity contribution in [1.82, 2.24) is 4.90 Å². The summed E-state index contributed by atoms with van der Waals surface area (Å²) >= 11 is 0. The first-order valence-corrected chi connectivity index (χ1v) is 4.79. The molecule has 76 valence electrons. The van der Waals surface area contributed by atoms with Crippen molar-refractivity contribution in [3.63, 3.8) is 0 Å². The molecule has 0 radical (unpaired) electrons. The maximum absolute atomic E-state index is 10.9. The van der Waals surface area contributed by atoms with Crippen molar-refractivity contribution in [2.45, 2.75) is 25.8 Å². The van der Waals surface area contributed by atoms with Gasteiger partial charge in [-0.15, -0.1) is 0 Å². The van der Waals surface area contributed by atoms with Crippen molar-refractivity contribution in [2.75, 3.05) is 19.7 Å². The Morgan fingerprint density at radius 2 is 2.46 bits per heavy atom. The fraction of sp³-hybridized carbons (Fsp3) is 0.889. The van der Waals surface area contributed by atoms with Crippen molar-refractivity contribution in [3.05, 3.63) is 0 Å². The molecule has 3 N–H and O–H groups in total. The zero-order chi connectivity index (χ0) is 9.84. The lowest BCUT2D eigenvalue weighted by molar-refractivity contribution is -0.123. The molecule has 1 aliphatic rings. The molecule has 0 aromatic rings. The molecule has 1 rings (SSSR count). The second kappa shape index (κ2) is 4.58. The average Bonchev–Trinajstić information content (AvgIpc) is 2.16. The predicted octanol–water partition coefficient (Wildman–Crippen LogP) is -0.435. The van der Waals surface area contributed by atoms with E-state index in [-0.39, 0.29) is 18.6 Å². The van der Waals surface area contributed by atoms with Gasteiger partial charge in [0.1, 0.15) is 0 Å². The molecule has 1 aliphatic heterocycles. The van der Waals surface area contributed by atoms with Gasteiger partial charge in [0.25, 0.3) is 0 Å². The van der Waals surface area contributed by atoms with Gasteiger partial charge in [0.2, 0.25) is 5.91 Å². The summed E-state index contributed by atoms with van der Waals surface area (Å²) < 4.78 is 0. The summed E-state index contributed by atoms with van der Waals surface area (Å²) in [5.74, 6) is 0.0362. The Kier molecular flexibility index (Phi) is 3.69. The fourth-order valence-corrected chi connectivity index (χ4v) is 1.78. The third-order valence-electron chi connectivity index (χ3n) is 2.77. The lowest BCUT2D eigenvalue weighted by atomic mass is 9.98. The van der Waals surface area contributed by atoms with Gasteiger partial charge in [0, 0.05) is 13.2 Å². The molecule has 0 aromatic heterocycles. The molecule has 0 aliphatic carbocycles. The van der Waals surface area contributed by atoms with Crippen molar-refractivity contribution >= 4 is 5.91 Å². The minimum absolute atomic E-state index is 0.200. The fourth-order valence-electron chi connectivity index (χ4n) is 1.78. The topological polar surface area (TPSA) is 66.6 Å². The number of hydrogen-bond acceptors (Lipinski definition) is 3. The van der Waals surface area contributed by atoms with Gasteiger partial charge in [0.05, 0.1) is 6.04 Å². The van der Waals surface area contributed by atoms with Gasteiger partial charge in [-0.2, -0.15) is 0 Å². The normalized spacial score (nSPS) is 27.1. The summed E-state index contributed by atoms with van der Waals surface area (Å²) in [6.07, 6.45) is 2.10. The van der Waals surface area contributed by atoms with Gasteiger partial charge >= 0.3 is 0 Å². The van der Waals surface area contributed by atoms with Crippen molar-refractivity contribution in [3.8, 4) is 0 Å². The number of rotatable bonds is 3. The van der Waals surface area contributed by atoms with E-state index in [0.29, 0.717) is 5.92 Å². The van der Waals surface area contributed by atoms with Gasteiger partial charge in [-0.3, -0.25) is 9.69 Å². The number of likely N-dealkylation sites (tertiary alicyclic amines) is 1. The standard InChI is InChI=1S/C9H18N2O2/c1-7(9(10)13)11-4-2-3-8(5-11)6-12/h7-8,12H,2-6H2,1H3,(H2,10,13). The Morgan fingerprint density at radius 3 is 3.00 bits per heavy atom. The van der Waals surface area contributed by atoms with Crippen LogP contribution in [-0.4, -0.2) is 41.7 Å². The molecule has 13 heavy (non-hydrogen) atoms. The smallest absolute Gasteiger partial charge is 0.234 e. The zero-order valence-electron chi connectivity index (χ0n) is 8.07. The highest BCUT2D eigenvalue weighted by molar-refractivity contribution is 5.79. The van der Waals surface area contributed by atoms with E-state index in [2.05, 4.69) is 0 Å². The third kappa shape index (κ3) is 2.67. The second-order valence-electron chi connectivity index (χ2n) is 3.76. The molecule has 4 nitrogen and oxygen atoms in total. The lowest BCUT2D eigenvalue weighted by Gasteiger charge is -2.34. The first kappa shape index (κ1) is 10.5. The van der Waals surface area contributed by atoms with Crippen molar-refractivity contribution in [2.24, 2.45) is 11.7 Å². The number of carbonyl (C=O) groups is 1. The molecule has 1 saturated heterocycles. The minimum atomic E-state index is -0.279. The van der Waals surface area contributed by atoms with Crippen LogP contribution in [0.5, 0.6) is 0 Å².